The number of likely N-dealkylation sites (tertiary alicyclic amines) is 1. The Morgan fingerprint density at radius 1 is 1.29 bits per heavy atom. The van der Waals surface area contributed by atoms with Gasteiger partial charge < -0.3 is 19.4 Å². The van der Waals surface area contributed by atoms with Gasteiger partial charge in [-0.05, 0) is 67.4 Å². The summed E-state index contributed by atoms with van der Waals surface area (Å²) in [6.45, 7) is 3.68. The third-order valence-corrected chi connectivity index (χ3v) is 8.46. The smallest absolute Gasteiger partial charge is 0.325 e. The number of methoxy groups -OCH3 is 1. The Morgan fingerprint density at radius 3 is 2.84 bits per heavy atom. The second-order valence-corrected chi connectivity index (χ2v) is 11.3. The third kappa shape index (κ3) is 4.74. The molecule has 38 heavy (non-hydrogen) atoms. The van der Waals surface area contributed by atoms with Gasteiger partial charge in [-0.3, -0.25) is 14.6 Å². The van der Waals surface area contributed by atoms with Crippen molar-refractivity contribution in [3.05, 3.63) is 60.0 Å². The minimum absolute atomic E-state index is 0.180. The molecule has 1 aromatic heterocycles. The third-order valence-electron chi connectivity index (χ3n) is 8.46. The Kier molecular flexibility index (Phi) is 6.53. The normalized spacial score (nSPS) is 28.7. The number of hydrogen-bond acceptors (Lipinski definition) is 8. The summed E-state index contributed by atoms with van der Waals surface area (Å²) in [6.07, 6.45) is 11.9. The number of allylic oxidation sites excluding steroid dienone is 3. The van der Waals surface area contributed by atoms with Crippen LogP contribution in [0.25, 0.3) is 11.0 Å². The van der Waals surface area contributed by atoms with Gasteiger partial charge >= 0.3 is 5.97 Å². The van der Waals surface area contributed by atoms with Crippen molar-refractivity contribution >= 4 is 22.8 Å². The number of carbonyl (C=O) groups is 1. The first-order chi connectivity index (χ1) is 18.3. The second-order valence-electron chi connectivity index (χ2n) is 11.3. The van der Waals surface area contributed by atoms with Gasteiger partial charge in [-0.25, -0.2) is 5.01 Å². The van der Waals surface area contributed by atoms with Gasteiger partial charge in [-0.2, -0.15) is 5.10 Å². The fourth-order valence-corrected chi connectivity index (χ4v) is 6.06. The highest BCUT2D eigenvalue weighted by molar-refractivity contribution is 5.86. The molecule has 2 N–H and O–H groups in total. The number of aliphatic hydroxyl groups excluding tert-OH is 1. The highest BCUT2D eigenvalue weighted by atomic mass is 16.5. The molecular formula is C29H36N4O5. The van der Waals surface area contributed by atoms with Crippen LogP contribution in [0.3, 0.4) is 0 Å². The lowest BCUT2D eigenvalue weighted by Gasteiger charge is -2.35. The number of hydrogen-bond donors (Lipinski definition) is 2. The molecule has 0 spiro atoms. The van der Waals surface area contributed by atoms with Crippen molar-refractivity contribution in [1.29, 1.82) is 0 Å². The van der Waals surface area contributed by atoms with E-state index in [2.05, 4.69) is 42.2 Å². The summed E-state index contributed by atoms with van der Waals surface area (Å²) in [4.78, 5) is 15.8. The fourth-order valence-electron chi connectivity index (χ4n) is 6.06. The monoisotopic (exact) mass is 520 g/mol. The molecule has 0 bridgehead atoms. The lowest BCUT2D eigenvalue weighted by molar-refractivity contribution is -0.145. The van der Waals surface area contributed by atoms with Gasteiger partial charge in [0.25, 0.3) is 0 Å². The van der Waals surface area contributed by atoms with Crippen LogP contribution < -0.4 is 0 Å². The Balaban J connectivity index is 1.22. The molecule has 9 heteroatoms. The second kappa shape index (κ2) is 9.87. The maximum atomic E-state index is 11.6. The topological polar surface area (TPSA) is 102 Å². The molecule has 2 aliphatic heterocycles. The maximum Gasteiger partial charge on any atom is 0.325 e. The van der Waals surface area contributed by atoms with Crippen LogP contribution in [-0.2, 0) is 14.9 Å². The van der Waals surface area contributed by atoms with Gasteiger partial charge in [-0.1, -0.05) is 25.1 Å². The molecule has 4 aliphatic rings. The van der Waals surface area contributed by atoms with E-state index in [9.17, 15) is 15.0 Å². The molecule has 1 saturated heterocycles. The van der Waals surface area contributed by atoms with Crippen LogP contribution in [0.5, 0.6) is 0 Å². The first kappa shape index (κ1) is 25.2. The van der Waals surface area contributed by atoms with E-state index in [1.54, 1.807) is 13.4 Å². The van der Waals surface area contributed by atoms with Gasteiger partial charge in [0, 0.05) is 43.1 Å². The lowest BCUT2D eigenvalue weighted by Crippen LogP contribution is -2.45. The SMILES string of the molecule is COC1N(CC(=O)O)N=C(C[C@@H]2CCN(C(O)C3CC3)C2)N1C1=CCC(C)(c2ccc3occc3c2)C=C1. The number of ether oxygens (including phenoxy) is 1. The average Bonchev–Trinajstić information content (AvgIpc) is 3.30. The van der Waals surface area contributed by atoms with Gasteiger partial charge in [0.2, 0.25) is 6.35 Å². The van der Waals surface area contributed by atoms with Crippen molar-refractivity contribution in [2.24, 2.45) is 16.9 Å². The highest BCUT2D eigenvalue weighted by Crippen LogP contribution is 2.39. The Hall–Kier alpha value is -3.14. The number of fused-ring (bicyclic) bond motifs is 1. The number of amidine groups is 1. The van der Waals surface area contributed by atoms with Gasteiger partial charge in [-0.15, -0.1) is 0 Å². The number of benzene rings is 1. The molecule has 2 fully saturated rings. The van der Waals surface area contributed by atoms with Crippen molar-refractivity contribution in [2.75, 3.05) is 26.7 Å². The molecule has 0 amide bonds. The van der Waals surface area contributed by atoms with E-state index >= 15 is 0 Å². The highest BCUT2D eigenvalue weighted by Gasteiger charge is 2.41. The van der Waals surface area contributed by atoms with Crippen LogP contribution in [0, 0.1) is 11.8 Å². The van der Waals surface area contributed by atoms with Crippen molar-refractivity contribution in [3.63, 3.8) is 0 Å². The van der Waals surface area contributed by atoms with E-state index < -0.39 is 12.3 Å². The predicted octanol–water partition coefficient (Wildman–Crippen LogP) is 3.92. The minimum Gasteiger partial charge on any atom is -0.480 e. The summed E-state index contributed by atoms with van der Waals surface area (Å²) in [5, 5.41) is 27.5. The number of aliphatic carboxylic acids is 1. The van der Waals surface area contributed by atoms with Gasteiger partial charge in [0.15, 0.2) is 0 Å². The molecule has 6 rings (SSSR count). The quantitative estimate of drug-likeness (QED) is 0.513. The van der Waals surface area contributed by atoms with E-state index in [0.717, 1.165) is 61.3 Å². The van der Waals surface area contributed by atoms with Crippen LogP contribution >= 0.6 is 0 Å². The Morgan fingerprint density at radius 2 is 2.13 bits per heavy atom. The molecule has 9 nitrogen and oxygen atoms in total. The number of carboxylic acid groups (broad SMARTS) is 1. The summed E-state index contributed by atoms with van der Waals surface area (Å²) in [6, 6.07) is 8.30. The fraction of sp³-hybridized carbons (Fsp3) is 0.517. The number of carboxylic acids is 1. The molecule has 0 radical (unpaired) electrons. The standard InChI is InChI=1S/C29H36N4O5/c1-29(22-5-6-24-21(16-22)10-14-38-24)11-7-23(8-12-29)33-25(30-32(18-26(34)35)28(33)37-2)15-19-9-13-31(17-19)27(36)20-3-4-20/h5-8,10-11,14,16,19-20,27-28,36H,3-4,9,12-13,15,17-18H2,1-2H3,(H,34,35)/t19-,27?,28?,29?/m0/s1. The summed E-state index contributed by atoms with van der Waals surface area (Å²) < 4.78 is 11.3. The Labute approximate surface area is 222 Å². The summed E-state index contributed by atoms with van der Waals surface area (Å²) in [5.74, 6) is 0.614. The van der Waals surface area contributed by atoms with E-state index in [-0.39, 0.29) is 18.2 Å². The van der Waals surface area contributed by atoms with Crippen LogP contribution in [0.2, 0.25) is 0 Å². The number of aliphatic hydroxyl groups is 1. The van der Waals surface area contributed by atoms with Crippen LogP contribution in [0.1, 0.15) is 44.6 Å². The maximum absolute atomic E-state index is 11.6. The summed E-state index contributed by atoms with van der Waals surface area (Å²) in [5.41, 5.74) is 2.87. The van der Waals surface area contributed by atoms with Crippen LogP contribution in [-0.4, -0.2) is 76.2 Å². The molecular weight excluding hydrogens is 484 g/mol. The predicted molar refractivity (Wildman–Crippen MR) is 143 cm³/mol. The molecule has 3 heterocycles. The van der Waals surface area contributed by atoms with E-state index in [1.807, 2.05) is 17.0 Å². The van der Waals surface area contributed by atoms with Crippen LogP contribution in [0.4, 0.5) is 0 Å². The van der Waals surface area contributed by atoms with Crippen molar-refractivity contribution in [2.45, 2.75) is 57.0 Å². The molecule has 1 saturated carbocycles. The zero-order chi connectivity index (χ0) is 26.4. The summed E-state index contributed by atoms with van der Waals surface area (Å²) in [7, 11) is 1.59. The number of nitrogens with zero attached hydrogens (tertiary/aromatic N) is 4. The number of hydrazone groups is 1. The van der Waals surface area contributed by atoms with Gasteiger partial charge in [0.1, 0.15) is 24.2 Å². The zero-order valence-corrected chi connectivity index (χ0v) is 22.0. The number of rotatable bonds is 9. The molecule has 4 atom stereocenters. The van der Waals surface area contributed by atoms with Crippen molar-refractivity contribution in [3.8, 4) is 0 Å². The van der Waals surface area contributed by atoms with E-state index in [1.165, 1.54) is 10.6 Å². The van der Waals surface area contributed by atoms with Crippen molar-refractivity contribution < 1.29 is 24.2 Å². The summed E-state index contributed by atoms with van der Waals surface area (Å²) >= 11 is 0. The average molecular weight is 521 g/mol. The molecule has 2 aliphatic carbocycles. The molecule has 202 valence electrons. The first-order valence-electron chi connectivity index (χ1n) is 13.5. The Bertz CT molecular complexity index is 1300. The first-order valence-corrected chi connectivity index (χ1v) is 13.5. The van der Waals surface area contributed by atoms with Crippen LogP contribution in [0.15, 0.2) is 64.0 Å². The molecule has 1 aromatic carbocycles. The molecule has 3 unspecified atom stereocenters. The van der Waals surface area contributed by atoms with E-state index in [4.69, 9.17) is 14.3 Å². The van der Waals surface area contributed by atoms with Crippen molar-refractivity contribution in [1.82, 2.24) is 14.8 Å². The largest absolute Gasteiger partial charge is 0.480 e. The van der Waals surface area contributed by atoms with Gasteiger partial charge in [0.05, 0.1) is 6.26 Å². The lowest BCUT2D eigenvalue weighted by atomic mass is 9.76. The zero-order valence-electron chi connectivity index (χ0n) is 22.0. The minimum atomic E-state index is -0.952. The number of furan rings is 1. The molecule has 2 aromatic rings. The van der Waals surface area contributed by atoms with E-state index in [0.29, 0.717) is 18.3 Å².